The van der Waals surface area contributed by atoms with E-state index in [0.29, 0.717) is 11.5 Å². The smallest absolute Gasteiger partial charge is 0.337 e. The average Bonchev–Trinajstić information content (AvgIpc) is 2.48. The fourth-order valence-electron chi connectivity index (χ4n) is 1.88. The second kappa shape index (κ2) is 4.97. The highest BCUT2D eigenvalue weighted by molar-refractivity contribution is 5.88. The van der Waals surface area contributed by atoms with Crippen molar-refractivity contribution in [3.05, 3.63) is 60.6 Å². The number of benzene rings is 1. The number of carbonyl (C=O) groups is 1. The Morgan fingerprint density at radius 1 is 1.15 bits per heavy atom. The number of nitrogens with zero attached hydrogens (tertiary/aromatic N) is 2. The number of aromatic carboxylic acids is 1. The van der Waals surface area contributed by atoms with E-state index in [1.165, 1.54) is 18.5 Å². The van der Waals surface area contributed by atoms with Gasteiger partial charge in [-0.2, -0.15) is 0 Å². The summed E-state index contributed by atoms with van der Waals surface area (Å²) >= 11 is 0. The Morgan fingerprint density at radius 3 is 2.90 bits per heavy atom. The number of carboxylic acid groups (broad SMARTS) is 1. The zero-order valence-electron chi connectivity index (χ0n) is 10.4. The number of aromatic nitrogens is 2. The van der Waals surface area contributed by atoms with Crippen LogP contribution >= 0.6 is 0 Å². The molecule has 2 aromatic heterocycles. The number of rotatable bonds is 3. The third-order valence-electron chi connectivity index (χ3n) is 2.79. The van der Waals surface area contributed by atoms with Gasteiger partial charge < -0.3 is 9.84 Å². The van der Waals surface area contributed by atoms with Gasteiger partial charge in [0.1, 0.15) is 11.5 Å². The van der Waals surface area contributed by atoms with E-state index in [4.69, 9.17) is 9.84 Å². The van der Waals surface area contributed by atoms with Crippen molar-refractivity contribution in [1.29, 1.82) is 0 Å². The fraction of sp³-hybridized carbons (Fsp3) is 0. The highest BCUT2D eigenvalue weighted by atomic mass is 16.5. The molecule has 0 unspecified atom stereocenters. The third-order valence-corrected chi connectivity index (χ3v) is 2.79. The molecule has 0 aliphatic heterocycles. The minimum Gasteiger partial charge on any atom is -0.478 e. The second-order valence-corrected chi connectivity index (χ2v) is 4.14. The van der Waals surface area contributed by atoms with Crippen LogP contribution < -0.4 is 4.74 Å². The van der Waals surface area contributed by atoms with Gasteiger partial charge in [0.05, 0.1) is 17.3 Å². The monoisotopic (exact) mass is 266 g/mol. The SMILES string of the molecule is O=C(O)c1cncc(Oc2cccc3ncccc23)c1. The summed E-state index contributed by atoms with van der Waals surface area (Å²) in [5, 5.41) is 9.80. The first-order valence-electron chi connectivity index (χ1n) is 5.94. The summed E-state index contributed by atoms with van der Waals surface area (Å²) in [6.07, 6.45) is 4.46. The molecule has 0 radical (unpaired) electrons. The van der Waals surface area contributed by atoms with Gasteiger partial charge in [0.25, 0.3) is 0 Å². The van der Waals surface area contributed by atoms with Gasteiger partial charge in [-0.25, -0.2) is 4.79 Å². The molecule has 98 valence electrons. The lowest BCUT2D eigenvalue weighted by atomic mass is 10.2. The molecule has 0 fully saturated rings. The fourth-order valence-corrected chi connectivity index (χ4v) is 1.88. The van der Waals surface area contributed by atoms with Gasteiger partial charge in [-0.1, -0.05) is 6.07 Å². The van der Waals surface area contributed by atoms with Crippen molar-refractivity contribution in [2.45, 2.75) is 0 Å². The van der Waals surface area contributed by atoms with Crippen molar-refractivity contribution in [3.8, 4) is 11.5 Å². The summed E-state index contributed by atoms with van der Waals surface area (Å²) in [5.74, 6) is -0.0521. The number of pyridine rings is 2. The summed E-state index contributed by atoms with van der Waals surface area (Å²) in [6, 6.07) is 10.7. The maximum Gasteiger partial charge on any atom is 0.337 e. The van der Waals surface area contributed by atoms with Gasteiger partial charge in [0.2, 0.25) is 0 Å². The molecule has 0 amide bonds. The van der Waals surface area contributed by atoms with Crippen LogP contribution in [-0.4, -0.2) is 21.0 Å². The maximum absolute atomic E-state index is 10.9. The van der Waals surface area contributed by atoms with E-state index >= 15 is 0 Å². The normalized spacial score (nSPS) is 10.4. The van der Waals surface area contributed by atoms with Gasteiger partial charge in [-0.3, -0.25) is 9.97 Å². The Bertz CT molecular complexity index is 781. The molecular weight excluding hydrogens is 256 g/mol. The van der Waals surface area contributed by atoms with Crippen LogP contribution in [0.1, 0.15) is 10.4 Å². The zero-order chi connectivity index (χ0) is 13.9. The average molecular weight is 266 g/mol. The van der Waals surface area contributed by atoms with Crippen LogP contribution in [0.5, 0.6) is 11.5 Å². The van der Waals surface area contributed by atoms with Gasteiger partial charge in [0, 0.05) is 17.8 Å². The van der Waals surface area contributed by atoms with Crippen molar-refractivity contribution in [2.75, 3.05) is 0 Å². The molecule has 2 heterocycles. The van der Waals surface area contributed by atoms with Crippen molar-refractivity contribution in [3.63, 3.8) is 0 Å². The zero-order valence-corrected chi connectivity index (χ0v) is 10.4. The molecule has 3 aromatic rings. The molecule has 20 heavy (non-hydrogen) atoms. The molecule has 0 spiro atoms. The molecule has 1 aromatic carbocycles. The number of ether oxygens (including phenoxy) is 1. The van der Waals surface area contributed by atoms with E-state index in [1.54, 1.807) is 12.3 Å². The predicted molar refractivity (Wildman–Crippen MR) is 73.0 cm³/mol. The van der Waals surface area contributed by atoms with Crippen LogP contribution in [0.3, 0.4) is 0 Å². The van der Waals surface area contributed by atoms with Crippen LogP contribution in [0.25, 0.3) is 10.9 Å². The summed E-state index contributed by atoms with van der Waals surface area (Å²) < 4.78 is 5.72. The molecule has 0 atom stereocenters. The van der Waals surface area contributed by atoms with E-state index in [2.05, 4.69) is 9.97 Å². The Morgan fingerprint density at radius 2 is 2.05 bits per heavy atom. The van der Waals surface area contributed by atoms with E-state index in [-0.39, 0.29) is 5.56 Å². The molecule has 5 heteroatoms. The molecule has 0 aliphatic rings. The lowest BCUT2D eigenvalue weighted by Crippen LogP contribution is -1.97. The van der Waals surface area contributed by atoms with Crippen molar-refractivity contribution < 1.29 is 14.6 Å². The van der Waals surface area contributed by atoms with Gasteiger partial charge in [-0.15, -0.1) is 0 Å². The van der Waals surface area contributed by atoms with E-state index < -0.39 is 5.97 Å². The molecule has 5 nitrogen and oxygen atoms in total. The van der Waals surface area contributed by atoms with Crippen LogP contribution in [-0.2, 0) is 0 Å². The summed E-state index contributed by atoms with van der Waals surface area (Å²) in [7, 11) is 0. The molecule has 1 N–H and O–H groups in total. The second-order valence-electron chi connectivity index (χ2n) is 4.14. The van der Waals surface area contributed by atoms with Gasteiger partial charge >= 0.3 is 5.97 Å². The first-order chi connectivity index (χ1) is 9.74. The predicted octanol–water partition coefficient (Wildman–Crippen LogP) is 3.12. The first kappa shape index (κ1) is 12.1. The largest absolute Gasteiger partial charge is 0.478 e. The lowest BCUT2D eigenvalue weighted by molar-refractivity contribution is 0.0696. The van der Waals surface area contributed by atoms with Gasteiger partial charge in [0.15, 0.2) is 0 Å². The van der Waals surface area contributed by atoms with Gasteiger partial charge in [-0.05, 0) is 30.3 Å². The van der Waals surface area contributed by atoms with Crippen LogP contribution in [0.4, 0.5) is 0 Å². The Labute approximate surface area is 114 Å². The Balaban J connectivity index is 2.01. The highest BCUT2D eigenvalue weighted by Crippen LogP contribution is 2.28. The third kappa shape index (κ3) is 2.29. The van der Waals surface area contributed by atoms with Crippen LogP contribution in [0, 0.1) is 0 Å². The molecule has 0 bridgehead atoms. The highest BCUT2D eigenvalue weighted by Gasteiger charge is 2.07. The van der Waals surface area contributed by atoms with E-state index in [0.717, 1.165) is 10.9 Å². The van der Waals surface area contributed by atoms with E-state index in [1.807, 2.05) is 24.3 Å². The molecule has 0 saturated carbocycles. The first-order valence-corrected chi connectivity index (χ1v) is 5.94. The van der Waals surface area contributed by atoms with Crippen molar-refractivity contribution in [2.24, 2.45) is 0 Å². The maximum atomic E-state index is 10.9. The molecule has 0 aliphatic carbocycles. The minimum atomic E-state index is -1.04. The standard InChI is InChI=1S/C15H10N2O3/c18-15(19)10-7-11(9-16-8-10)20-14-5-1-4-13-12(14)3-2-6-17-13/h1-9H,(H,18,19). The quantitative estimate of drug-likeness (QED) is 0.788. The topological polar surface area (TPSA) is 72.3 Å². The summed E-state index contributed by atoms with van der Waals surface area (Å²) in [6.45, 7) is 0. The van der Waals surface area contributed by atoms with E-state index in [9.17, 15) is 4.79 Å². The molecule has 0 saturated heterocycles. The number of carboxylic acids is 1. The summed E-state index contributed by atoms with van der Waals surface area (Å²) in [4.78, 5) is 19.0. The van der Waals surface area contributed by atoms with Crippen LogP contribution in [0.2, 0.25) is 0 Å². The Kier molecular flexibility index (Phi) is 3.01. The Hall–Kier alpha value is -2.95. The minimum absolute atomic E-state index is 0.0841. The van der Waals surface area contributed by atoms with Crippen molar-refractivity contribution >= 4 is 16.9 Å². The summed E-state index contributed by atoms with van der Waals surface area (Å²) in [5.41, 5.74) is 0.896. The lowest BCUT2D eigenvalue weighted by Gasteiger charge is -2.08. The number of hydrogen-bond acceptors (Lipinski definition) is 4. The number of fused-ring (bicyclic) bond motifs is 1. The van der Waals surface area contributed by atoms with Crippen LogP contribution in [0.15, 0.2) is 55.0 Å². The molecule has 3 rings (SSSR count). The molecular formula is C15H10N2O3. The number of hydrogen-bond donors (Lipinski definition) is 1. The van der Waals surface area contributed by atoms with Crippen molar-refractivity contribution in [1.82, 2.24) is 9.97 Å².